The van der Waals surface area contributed by atoms with Gasteiger partial charge in [0.2, 0.25) is 0 Å². The summed E-state index contributed by atoms with van der Waals surface area (Å²) in [6, 6.07) is 9.83. The van der Waals surface area contributed by atoms with Crippen LogP contribution >= 0.6 is 11.8 Å². The molecule has 0 saturated carbocycles. The molecule has 6 heteroatoms. The third-order valence-electron chi connectivity index (χ3n) is 2.18. The Kier molecular flexibility index (Phi) is 3.78. The average molecular weight is 263 g/mol. The molecular formula is C12H10FN3OS. The molecule has 0 aliphatic carbocycles. The molecule has 0 aliphatic rings. The Morgan fingerprint density at radius 2 is 1.94 bits per heavy atom. The van der Waals surface area contributed by atoms with E-state index in [0.717, 1.165) is 0 Å². The van der Waals surface area contributed by atoms with E-state index in [1.54, 1.807) is 30.3 Å². The van der Waals surface area contributed by atoms with Crippen molar-refractivity contribution in [1.29, 1.82) is 0 Å². The highest BCUT2D eigenvalue weighted by molar-refractivity contribution is 7.99. The first-order chi connectivity index (χ1) is 8.72. The van der Waals surface area contributed by atoms with Gasteiger partial charge in [0.1, 0.15) is 11.5 Å². The topological polar surface area (TPSA) is 71.5 Å². The van der Waals surface area contributed by atoms with E-state index in [1.165, 1.54) is 24.0 Å². The number of nitrogens with zero attached hydrogens (tertiary/aromatic N) is 2. The second-order valence-corrected chi connectivity index (χ2v) is 4.45. The summed E-state index contributed by atoms with van der Waals surface area (Å²) < 4.78 is 13.5. The summed E-state index contributed by atoms with van der Waals surface area (Å²) in [6.07, 6.45) is 1.53. The van der Waals surface area contributed by atoms with Crippen LogP contribution in [0.1, 0.15) is 5.69 Å². The number of aromatic nitrogens is 1. The van der Waals surface area contributed by atoms with Crippen molar-refractivity contribution in [2.24, 2.45) is 10.9 Å². The number of pyridine rings is 1. The molecule has 0 bridgehead atoms. The molecule has 0 amide bonds. The van der Waals surface area contributed by atoms with Crippen LogP contribution in [0.3, 0.4) is 0 Å². The zero-order valence-electron chi connectivity index (χ0n) is 9.25. The highest BCUT2D eigenvalue weighted by Crippen LogP contribution is 2.31. The Bertz CT molecular complexity index is 589. The second kappa shape index (κ2) is 5.50. The molecule has 0 spiro atoms. The van der Waals surface area contributed by atoms with Crippen LogP contribution in [0.15, 0.2) is 57.5 Å². The van der Waals surface area contributed by atoms with Gasteiger partial charge in [-0.15, -0.1) is 0 Å². The van der Waals surface area contributed by atoms with Crippen molar-refractivity contribution in [3.05, 3.63) is 54.1 Å². The van der Waals surface area contributed by atoms with Crippen LogP contribution in [0.25, 0.3) is 0 Å². The van der Waals surface area contributed by atoms with E-state index in [9.17, 15) is 4.39 Å². The lowest BCUT2D eigenvalue weighted by molar-refractivity contribution is 0.318. The Morgan fingerprint density at radius 1 is 1.22 bits per heavy atom. The number of benzene rings is 1. The summed E-state index contributed by atoms with van der Waals surface area (Å²) in [7, 11) is 0. The predicted octanol–water partition coefficient (Wildman–Crippen LogP) is 2.47. The summed E-state index contributed by atoms with van der Waals surface area (Å²) in [5.41, 5.74) is 5.84. The number of nitrogens with two attached hydrogens (primary N) is 1. The van der Waals surface area contributed by atoms with Crippen LogP contribution < -0.4 is 5.73 Å². The van der Waals surface area contributed by atoms with Crippen molar-refractivity contribution in [2.45, 2.75) is 9.79 Å². The van der Waals surface area contributed by atoms with Gasteiger partial charge in [-0.3, -0.25) is 4.98 Å². The number of oxime groups is 1. The quantitative estimate of drug-likeness (QED) is 0.386. The van der Waals surface area contributed by atoms with Crippen LogP contribution in [0.5, 0.6) is 0 Å². The lowest BCUT2D eigenvalue weighted by Crippen LogP contribution is -2.16. The minimum atomic E-state index is -0.322. The first-order valence-corrected chi connectivity index (χ1v) is 5.89. The van der Waals surface area contributed by atoms with E-state index in [2.05, 4.69) is 10.1 Å². The number of rotatable bonds is 3. The normalized spacial score (nSPS) is 11.5. The van der Waals surface area contributed by atoms with E-state index in [0.29, 0.717) is 15.5 Å². The first-order valence-electron chi connectivity index (χ1n) is 5.07. The number of hydrogen-bond acceptors (Lipinski definition) is 4. The molecule has 0 unspecified atom stereocenters. The fraction of sp³-hybridized carbons (Fsp3) is 0. The fourth-order valence-electron chi connectivity index (χ4n) is 1.36. The third-order valence-corrected chi connectivity index (χ3v) is 3.28. The van der Waals surface area contributed by atoms with Crippen LogP contribution in [0, 0.1) is 5.82 Å². The Balaban J connectivity index is 2.38. The number of hydrogen-bond donors (Lipinski definition) is 2. The summed E-state index contributed by atoms with van der Waals surface area (Å²) in [4.78, 5) is 5.10. The molecule has 1 aromatic heterocycles. The van der Waals surface area contributed by atoms with Crippen LogP contribution in [-0.2, 0) is 0 Å². The minimum Gasteiger partial charge on any atom is -0.409 e. The monoisotopic (exact) mass is 263 g/mol. The number of amidine groups is 1. The summed E-state index contributed by atoms with van der Waals surface area (Å²) in [5, 5.41) is 11.6. The van der Waals surface area contributed by atoms with Gasteiger partial charge in [0.15, 0.2) is 5.84 Å². The van der Waals surface area contributed by atoms with Crippen molar-refractivity contribution >= 4 is 17.6 Å². The van der Waals surface area contributed by atoms with Gasteiger partial charge in [0, 0.05) is 16.0 Å². The molecule has 4 nitrogen and oxygen atoms in total. The maximum atomic E-state index is 13.5. The molecule has 0 saturated heterocycles. The SMILES string of the molecule is N/C(=N/O)c1ncccc1Sc1ccccc1F. The van der Waals surface area contributed by atoms with Crippen molar-refractivity contribution in [3.8, 4) is 0 Å². The Labute approximate surface area is 107 Å². The van der Waals surface area contributed by atoms with E-state index in [-0.39, 0.29) is 11.7 Å². The number of halogens is 1. The molecular weight excluding hydrogens is 253 g/mol. The van der Waals surface area contributed by atoms with Gasteiger partial charge < -0.3 is 10.9 Å². The van der Waals surface area contributed by atoms with E-state index in [1.807, 2.05) is 0 Å². The van der Waals surface area contributed by atoms with Crippen molar-refractivity contribution < 1.29 is 9.60 Å². The smallest absolute Gasteiger partial charge is 0.189 e. The van der Waals surface area contributed by atoms with Crippen molar-refractivity contribution in [3.63, 3.8) is 0 Å². The second-order valence-electron chi connectivity index (χ2n) is 3.37. The molecule has 3 N–H and O–H groups in total. The van der Waals surface area contributed by atoms with Crippen LogP contribution in [-0.4, -0.2) is 16.0 Å². The minimum absolute atomic E-state index is 0.102. The molecule has 0 radical (unpaired) electrons. The zero-order valence-corrected chi connectivity index (χ0v) is 10.1. The molecule has 18 heavy (non-hydrogen) atoms. The largest absolute Gasteiger partial charge is 0.409 e. The Hall–Kier alpha value is -2.08. The highest BCUT2D eigenvalue weighted by Gasteiger charge is 2.11. The van der Waals surface area contributed by atoms with Gasteiger partial charge >= 0.3 is 0 Å². The maximum absolute atomic E-state index is 13.5. The average Bonchev–Trinajstić information content (AvgIpc) is 2.41. The summed E-state index contributed by atoms with van der Waals surface area (Å²) >= 11 is 1.18. The summed E-state index contributed by atoms with van der Waals surface area (Å²) in [6.45, 7) is 0. The molecule has 1 heterocycles. The van der Waals surface area contributed by atoms with Gasteiger partial charge in [-0.05, 0) is 24.3 Å². The lowest BCUT2D eigenvalue weighted by Gasteiger charge is -2.07. The lowest BCUT2D eigenvalue weighted by atomic mass is 10.3. The van der Waals surface area contributed by atoms with Crippen molar-refractivity contribution in [2.75, 3.05) is 0 Å². The predicted molar refractivity (Wildman–Crippen MR) is 67.3 cm³/mol. The highest BCUT2D eigenvalue weighted by atomic mass is 32.2. The molecule has 1 aromatic carbocycles. The maximum Gasteiger partial charge on any atom is 0.189 e. The van der Waals surface area contributed by atoms with E-state index in [4.69, 9.17) is 10.9 Å². The third kappa shape index (κ3) is 2.60. The standard InChI is InChI=1S/C12H10FN3OS/c13-8-4-1-2-5-9(8)18-10-6-3-7-15-11(10)12(14)16-17/h1-7,17H,(H2,14,16). The zero-order chi connectivity index (χ0) is 13.0. The van der Waals surface area contributed by atoms with E-state index >= 15 is 0 Å². The van der Waals surface area contributed by atoms with Crippen LogP contribution in [0.2, 0.25) is 0 Å². The summed E-state index contributed by atoms with van der Waals surface area (Å²) in [5.74, 6) is -0.425. The fourth-order valence-corrected chi connectivity index (χ4v) is 2.31. The van der Waals surface area contributed by atoms with Gasteiger partial charge in [0.25, 0.3) is 0 Å². The van der Waals surface area contributed by atoms with Crippen LogP contribution in [0.4, 0.5) is 4.39 Å². The van der Waals surface area contributed by atoms with Gasteiger partial charge in [0.05, 0.1) is 0 Å². The van der Waals surface area contributed by atoms with E-state index < -0.39 is 0 Å². The Morgan fingerprint density at radius 3 is 2.67 bits per heavy atom. The van der Waals surface area contributed by atoms with Crippen molar-refractivity contribution in [1.82, 2.24) is 4.98 Å². The van der Waals surface area contributed by atoms with Gasteiger partial charge in [-0.25, -0.2) is 4.39 Å². The molecule has 92 valence electrons. The molecule has 2 aromatic rings. The molecule has 0 fully saturated rings. The molecule has 2 rings (SSSR count). The first kappa shape index (κ1) is 12.4. The van der Waals surface area contributed by atoms with Gasteiger partial charge in [-0.2, -0.15) is 0 Å². The molecule has 0 atom stereocenters. The van der Waals surface area contributed by atoms with Gasteiger partial charge in [-0.1, -0.05) is 29.1 Å². The molecule has 0 aliphatic heterocycles.